The molecular weight excluding hydrogens is 298 g/mol. The first-order valence-corrected chi connectivity index (χ1v) is 6.83. The number of nitro groups is 1. The van der Waals surface area contributed by atoms with Crippen molar-refractivity contribution in [2.24, 2.45) is 5.92 Å². The Hall–Kier alpha value is -1.86. The standard InChI is InChI=1S/C13H18ClN3O4/c1-8(2)5-9(7-18)15-13(19)16-12-4-3-10(17(20)21)6-11(12)14/h3-4,6,8-9,18H,5,7H2,1-2H3,(H2,15,16,19). The van der Waals surface area contributed by atoms with E-state index in [0.29, 0.717) is 12.3 Å². The molecular formula is C13H18ClN3O4. The van der Waals surface area contributed by atoms with Crippen molar-refractivity contribution < 1.29 is 14.8 Å². The number of hydrogen-bond acceptors (Lipinski definition) is 4. The Labute approximate surface area is 127 Å². The number of anilines is 1. The maximum Gasteiger partial charge on any atom is 0.319 e. The molecule has 0 spiro atoms. The average molecular weight is 316 g/mol. The maximum atomic E-state index is 11.8. The fraction of sp³-hybridized carbons (Fsp3) is 0.462. The summed E-state index contributed by atoms with van der Waals surface area (Å²) in [6.45, 7) is 3.80. The highest BCUT2D eigenvalue weighted by Gasteiger charge is 2.15. The van der Waals surface area contributed by atoms with Crippen LogP contribution in [0, 0.1) is 16.0 Å². The number of nitrogens with one attached hydrogen (secondary N) is 2. The van der Waals surface area contributed by atoms with Gasteiger partial charge in [-0.25, -0.2) is 4.79 Å². The molecule has 0 fully saturated rings. The first-order chi connectivity index (χ1) is 9.83. The van der Waals surface area contributed by atoms with Gasteiger partial charge in [-0.15, -0.1) is 0 Å². The summed E-state index contributed by atoms with van der Waals surface area (Å²) in [6, 6.07) is 2.89. The van der Waals surface area contributed by atoms with Crippen LogP contribution in [-0.4, -0.2) is 28.7 Å². The highest BCUT2D eigenvalue weighted by atomic mass is 35.5. The number of nitrogens with zero attached hydrogens (tertiary/aromatic N) is 1. The first kappa shape index (κ1) is 17.2. The van der Waals surface area contributed by atoms with Gasteiger partial charge in [0.15, 0.2) is 0 Å². The number of nitro benzene ring substituents is 1. The predicted molar refractivity (Wildman–Crippen MR) is 80.6 cm³/mol. The number of hydrogen-bond donors (Lipinski definition) is 3. The SMILES string of the molecule is CC(C)CC(CO)NC(=O)Nc1ccc([N+](=O)[O-])cc1Cl. The number of carbonyl (C=O) groups excluding carboxylic acids is 1. The summed E-state index contributed by atoms with van der Waals surface area (Å²) in [6.07, 6.45) is 0.637. The summed E-state index contributed by atoms with van der Waals surface area (Å²) < 4.78 is 0. The largest absolute Gasteiger partial charge is 0.394 e. The molecule has 0 aromatic heterocycles. The van der Waals surface area contributed by atoms with Gasteiger partial charge in [0.25, 0.3) is 5.69 Å². The van der Waals surface area contributed by atoms with Gasteiger partial charge >= 0.3 is 6.03 Å². The minimum absolute atomic E-state index is 0.0729. The summed E-state index contributed by atoms with van der Waals surface area (Å²) in [4.78, 5) is 21.8. The third-order valence-electron chi connectivity index (χ3n) is 2.72. The average Bonchev–Trinajstić information content (AvgIpc) is 2.39. The number of aliphatic hydroxyl groups excluding tert-OH is 1. The lowest BCUT2D eigenvalue weighted by Gasteiger charge is -2.18. The third-order valence-corrected chi connectivity index (χ3v) is 3.04. The van der Waals surface area contributed by atoms with Crippen LogP contribution >= 0.6 is 11.6 Å². The molecule has 1 aromatic carbocycles. The normalized spacial score (nSPS) is 12.0. The quantitative estimate of drug-likeness (QED) is 0.554. The van der Waals surface area contributed by atoms with Crippen molar-refractivity contribution in [2.75, 3.05) is 11.9 Å². The van der Waals surface area contributed by atoms with Gasteiger partial charge in [-0.05, 0) is 18.4 Å². The number of urea groups is 1. The smallest absolute Gasteiger partial charge is 0.319 e. The Bertz CT molecular complexity index is 522. The van der Waals surface area contributed by atoms with E-state index in [9.17, 15) is 20.0 Å². The molecule has 2 amide bonds. The molecule has 0 heterocycles. The number of halogens is 1. The zero-order chi connectivity index (χ0) is 16.0. The lowest BCUT2D eigenvalue weighted by Crippen LogP contribution is -2.41. The van der Waals surface area contributed by atoms with Crippen LogP contribution in [0.2, 0.25) is 5.02 Å². The van der Waals surface area contributed by atoms with E-state index in [1.807, 2.05) is 13.8 Å². The predicted octanol–water partition coefficient (Wildman–Crippen LogP) is 2.78. The number of benzene rings is 1. The first-order valence-electron chi connectivity index (χ1n) is 6.45. The molecule has 0 aliphatic rings. The van der Waals surface area contributed by atoms with Crippen molar-refractivity contribution in [1.82, 2.24) is 5.32 Å². The van der Waals surface area contributed by atoms with Crippen LogP contribution in [-0.2, 0) is 0 Å². The van der Waals surface area contributed by atoms with Gasteiger partial charge in [0.2, 0.25) is 0 Å². The fourth-order valence-corrected chi connectivity index (χ4v) is 2.03. The summed E-state index contributed by atoms with van der Waals surface area (Å²) in [5.74, 6) is 0.324. The maximum absolute atomic E-state index is 11.8. The van der Waals surface area contributed by atoms with Gasteiger partial charge in [-0.2, -0.15) is 0 Å². The number of amides is 2. The van der Waals surface area contributed by atoms with E-state index in [2.05, 4.69) is 10.6 Å². The van der Waals surface area contributed by atoms with E-state index in [1.54, 1.807) is 0 Å². The number of carbonyl (C=O) groups is 1. The molecule has 1 rings (SSSR count). The zero-order valence-electron chi connectivity index (χ0n) is 11.8. The van der Waals surface area contributed by atoms with Gasteiger partial charge < -0.3 is 15.7 Å². The number of rotatable bonds is 6. The molecule has 0 saturated carbocycles. The van der Waals surface area contributed by atoms with Crippen molar-refractivity contribution in [1.29, 1.82) is 0 Å². The van der Waals surface area contributed by atoms with Gasteiger partial charge in [-0.1, -0.05) is 25.4 Å². The topological polar surface area (TPSA) is 104 Å². The Morgan fingerprint density at radius 2 is 2.14 bits per heavy atom. The molecule has 1 unspecified atom stereocenters. The van der Waals surface area contributed by atoms with Crippen LogP contribution in [0.3, 0.4) is 0 Å². The molecule has 0 aliphatic carbocycles. The van der Waals surface area contributed by atoms with Crippen molar-refractivity contribution in [3.8, 4) is 0 Å². The van der Waals surface area contributed by atoms with Crippen LogP contribution < -0.4 is 10.6 Å². The van der Waals surface area contributed by atoms with E-state index >= 15 is 0 Å². The second-order valence-electron chi connectivity index (χ2n) is 5.03. The minimum atomic E-state index is -0.569. The van der Waals surface area contributed by atoms with E-state index in [1.165, 1.54) is 12.1 Å². The lowest BCUT2D eigenvalue weighted by molar-refractivity contribution is -0.384. The molecule has 8 heteroatoms. The van der Waals surface area contributed by atoms with E-state index < -0.39 is 11.0 Å². The summed E-state index contributed by atoms with van der Waals surface area (Å²) in [7, 11) is 0. The molecule has 1 aromatic rings. The Morgan fingerprint density at radius 1 is 1.48 bits per heavy atom. The van der Waals surface area contributed by atoms with E-state index in [-0.39, 0.29) is 29.0 Å². The summed E-state index contributed by atoms with van der Waals surface area (Å²) >= 11 is 5.88. The van der Waals surface area contributed by atoms with Gasteiger partial charge in [0.1, 0.15) is 0 Å². The Kier molecular flexibility index (Phi) is 6.39. The van der Waals surface area contributed by atoms with Crippen LogP contribution in [0.15, 0.2) is 18.2 Å². The molecule has 0 aliphatic heterocycles. The number of non-ortho nitro benzene ring substituents is 1. The monoisotopic (exact) mass is 315 g/mol. The second-order valence-corrected chi connectivity index (χ2v) is 5.44. The van der Waals surface area contributed by atoms with Crippen molar-refractivity contribution in [3.63, 3.8) is 0 Å². The minimum Gasteiger partial charge on any atom is -0.394 e. The molecule has 3 N–H and O–H groups in total. The second kappa shape index (κ2) is 7.80. The highest BCUT2D eigenvalue weighted by molar-refractivity contribution is 6.33. The summed E-state index contributed by atoms with van der Waals surface area (Å²) in [5.41, 5.74) is 0.111. The van der Waals surface area contributed by atoms with Crippen molar-refractivity contribution >= 4 is 29.0 Å². The van der Waals surface area contributed by atoms with Crippen molar-refractivity contribution in [3.05, 3.63) is 33.3 Å². The van der Waals surface area contributed by atoms with Crippen LogP contribution in [0.1, 0.15) is 20.3 Å². The van der Waals surface area contributed by atoms with Gasteiger partial charge in [0.05, 0.1) is 28.3 Å². The molecule has 116 valence electrons. The number of aliphatic hydroxyl groups is 1. The van der Waals surface area contributed by atoms with E-state index in [4.69, 9.17) is 11.6 Å². The molecule has 1 atom stereocenters. The van der Waals surface area contributed by atoms with Crippen LogP contribution in [0.25, 0.3) is 0 Å². The van der Waals surface area contributed by atoms with Crippen LogP contribution in [0.5, 0.6) is 0 Å². The molecule has 0 saturated heterocycles. The Morgan fingerprint density at radius 3 is 2.62 bits per heavy atom. The molecule has 7 nitrogen and oxygen atoms in total. The highest BCUT2D eigenvalue weighted by Crippen LogP contribution is 2.26. The Balaban J connectivity index is 2.68. The van der Waals surface area contributed by atoms with Gasteiger partial charge in [-0.3, -0.25) is 10.1 Å². The van der Waals surface area contributed by atoms with Gasteiger partial charge in [0, 0.05) is 12.1 Å². The molecule has 0 radical (unpaired) electrons. The van der Waals surface area contributed by atoms with E-state index in [0.717, 1.165) is 6.07 Å². The summed E-state index contributed by atoms with van der Waals surface area (Å²) in [5, 5.41) is 25.0. The van der Waals surface area contributed by atoms with Crippen molar-refractivity contribution in [2.45, 2.75) is 26.3 Å². The molecule has 21 heavy (non-hydrogen) atoms. The zero-order valence-corrected chi connectivity index (χ0v) is 12.6. The third kappa shape index (κ3) is 5.57. The lowest BCUT2D eigenvalue weighted by atomic mass is 10.0. The van der Waals surface area contributed by atoms with Crippen LogP contribution in [0.4, 0.5) is 16.2 Å². The molecule has 0 bridgehead atoms. The fourth-order valence-electron chi connectivity index (χ4n) is 1.81.